The zero-order valence-corrected chi connectivity index (χ0v) is 14.6. The Morgan fingerprint density at radius 1 is 1.15 bits per heavy atom. The van der Waals surface area contributed by atoms with E-state index in [1.807, 2.05) is 28.9 Å². The van der Waals surface area contributed by atoms with Gasteiger partial charge in [-0.2, -0.15) is 0 Å². The second kappa shape index (κ2) is 6.33. The van der Waals surface area contributed by atoms with Crippen LogP contribution in [0.15, 0.2) is 50.9 Å². The Kier molecular flexibility index (Phi) is 3.99. The van der Waals surface area contributed by atoms with Gasteiger partial charge in [0.15, 0.2) is 0 Å². The van der Waals surface area contributed by atoms with E-state index < -0.39 is 5.69 Å². The van der Waals surface area contributed by atoms with Crippen molar-refractivity contribution in [2.24, 2.45) is 0 Å². The van der Waals surface area contributed by atoms with Crippen LogP contribution in [0.4, 0.5) is 0 Å². The third kappa shape index (κ3) is 2.65. The number of H-pyrrole nitrogens is 1. The zero-order chi connectivity index (χ0) is 18.3. The molecule has 0 saturated heterocycles. The highest BCUT2D eigenvalue weighted by atomic mass is 16.2. The van der Waals surface area contributed by atoms with Crippen LogP contribution >= 0.6 is 0 Å². The van der Waals surface area contributed by atoms with Crippen LogP contribution in [0.25, 0.3) is 11.0 Å². The molecule has 1 aromatic carbocycles. The Labute approximate surface area is 148 Å². The first-order valence-corrected chi connectivity index (χ1v) is 8.72. The first-order valence-electron chi connectivity index (χ1n) is 8.72. The highest BCUT2D eigenvalue weighted by molar-refractivity contribution is 5.80. The Morgan fingerprint density at radius 2 is 1.96 bits per heavy atom. The number of nitrogens with one attached hydrogen (secondary N) is 1. The van der Waals surface area contributed by atoms with E-state index in [0.29, 0.717) is 18.7 Å². The van der Waals surface area contributed by atoms with Crippen LogP contribution in [-0.2, 0) is 26.1 Å². The summed E-state index contributed by atoms with van der Waals surface area (Å²) in [6.07, 6.45) is 7.24. The van der Waals surface area contributed by atoms with Gasteiger partial charge in [-0.15, -0.1) is 0 Å². The molecule has 0 aliphatic carbocycles. The van der Waals surface area contributed by atoms with Gasteiger partial charge >= 0.3 is 11.4 Å². The molecule has 7 nitrogen and oxygen atoms in total. The van der Waals surface area contributed by atoms with Crippen molar-refractivity contribution in [3.05, 3.63) is 79.0 Å². The molecule has 1 N–H and O–H groups in total. The van der Waals surface area contributed by atoms with Crippen LogP contribution in [-0.4, -0.2) is 18.7 Å². The summed E-state index contributed by atoms with van der Waals surface area (Å²) in [5.41, 5.74) is 2.92. The third-order valence-corrected chi connectivity index (χ3v) is 4.89. The molecule has 0 saturated carbocycles. The molecule has 0 fully saturated rings. The first kappa shape index (κ1) is 16.4. The lowest BCUT2D eigenvalue weighted by Crippen LogP contribution is -2.30. The lowest BCUT2D eigenvalue weighted by atomic mass is 10.0. The maximum Gasteiger partial charge on any atom is 0.329 e. The average molecular weight is 352 g/mol. The summed E-state index contributed by atoms with van der Waals surface area (Å²) in [6, 6.07) is 6.06. The van der Waals surface area contributed by atoms with Gasteiger partial charge in [0.1, 0.15) is 0 Å². The molecule has 1 aliphatic rings. The van der Waals surface area contributed by atoms with Crippen LogP contribution in [0.3, 0.4) is 0 Å². The minimum Gasteiger partial charge on any atom is -0.297 e. The molecule has 0 unspecified atom stereocenters. The topological polar surface area (TPSA) is 81.8 Å². The zero-order valence-electron chi connectivity index (χ0n) is 14.6. The summed E-state index contributed by atoms with van der Waals surface area (Å²) >= 11 is 0. The van der Waals surface area contributed by atoms with Crippen LogP contribution in [0.1, 0.15) is 17.5 Å². The standard InChI is InChI=1S/C19H20N4O3/c1-13-12-21(18(25)20-17(13)24)9-2-3-10-22-15-8-4-6-14-7-5-11-23(16(14)15)19(22)26/h2-4,6,8,12H,5,7,9-11H2,1H3,(H,20,24,25)/b3-2-. The minimum atomic E-state index is -0.436. The Bertz CT molecular complexity index is 1190. The maximum atomic E-state index is 12.7. The van der Waals surface area contributed by atoms with Gasteiger partial charge < -0.3 is 0 Å². The van der Waals surface area contributed by atoms with Gasteiger partial charge in [0.05, 0.1) is 11.0 Å². The summed E-state index contributed by atoms with van der Waals surface area (Å²) in [7, 11) is 0. The molecule has 0 atom stereocenters. The number of imidazole rings is 1. The number of allylic oxidation sites excluding steroid dienone is 2. The maximum absolute atomic E-state index is 12.7. The number of hydrogen-bond acceptors (Lipinski definition) is 3. The Hall–Kier alpha value is -3.09. The molecule has 134 valence electrons. The van der Waals surface area contributed by atoms with E-state index in [0.717, 1.165) is 30.4 Å². The van der Waals surface area contributed by atoms with E-state index in [9.17, 15) is 14.4 Å². The van der Waals surface area contributed by atoms with Crippen LogP contribution in [0.5, 0.6) is 0 Å². The SMILES string of the molecule is Cc1cn(C/C=C\Cn2c(=O)n3c4c(cccc42)CCC3)c(=O)[nH]c1=O. The second-order valence-electron chi connectivity index (χ2n) is 6.63. The van der Waals surface area contributed by atoms with Gasteiger partial charge in [-0.25, -0.2) is 9.59 Å². The van der Waals surface area contributed by atoms with Gasteiger partial charge in [-0.05, 0) is 31.4 Å². The number of rotatable bonds is 4. The number of aromatic amines is 1. The molecule has 26 heavy (non-hydrogen) atoms. The van der Waals surface area contributed by atoms with Crippen molar-refractivity contribution < 1.29 is 0 Å². The Balaban J connectivity index is 1.61. The molecule has 4 rings (SSSR count). The van der Waals surface area contributed by atoms with E-state index in [-0.39, 0.29) is 11.2 Å². The fourth-order valence-electron chi connectivity index (χ4n) is 3.59. The monoisotopic (exact) mass is 352 g/mol. The predicted octanol–water partition coefficient (Wildman–Crippen LogP) is 1.16. The molecule has 1 aliphatic heterocycles. The lowest BCUT2D eigenvalue weighted by Gasteiger charge is -2.12. The molecule has 0 spiro atoms. The summed E-state index contributed by atoms with van der Waals surface area (Å²) in [6.45, 7) is 3.21. The van der Waals surface area contributed by atoms with Gasteiger partial charge in [0.25, 0.3) is 5.56 Å². The van der Waals surface area contributed by atoms with Crippen molar-refractivity contribution in [1.29, 1.82) is 0 Å². The van der Waals surface area contributed by atoms with Crippen LogP contribution in [0.2, 0.25) is 0 Å². The minimum absolute atomic E-state index is 0.00820. The van der Waals surface area contributed by atoms with Crippen molar-refractivity contribution in [3.8, 4) is 0 Å². The average Bonchev–Trinajstić information content (AvgIpc) is 2.90. The Morgan fingerprint density at radius 3 is 2.81 bits per heavy atom. The summed E-state index contributed by atoms with van der Waals surface area (Å²) < 4.78 is 5.06. The predicted molar refractivity (Wildman–Crippen MR) is 99.7 cm³/mol. The highest BCUT2D eigenvalue weighted by Gasteiger charge is 2.18. The van der Waals surface area contributed by atoms with E-state index in [4.69, 9.17) is 0 Å². The molecule has 0 bridgehead atoms. The van der Waals surface area contributed by atoms with E-state index >= 15 is 0 Å². The summed E-state index contributed by atoms with van der Waals surface area (Å²) in [5.74, 6) is 0. The number of hydrogen-bond donors (Lipinski definition) is 1. The molecule has 0 radical (unpaired) electrons. The van der Waals surface area contributed by atoms with Crippen molar-refractivity contribution in [3.63, 3.8) is 0 Å². The smallest absolute Gasteiger partial charge is 0.297 e. The van der Waals surface area contributed by atoms with Crippen molar-refractivity contribution in [1.82, 2.24) is 18.7 Å². The number of benzene rings is 1. The van der Waals surface area contributed by atoms with Gasteiger partial charge in [0, 0.05) is 31.4 Å². The molecular formula is C19H20N4O3. The van der Waals surface area contributed by atoms with E-state index in [2.05, 4.69) is 11.1 Å². The second-order valence-corrected chi connectivity index (χ2v) is 6.63. The van der Waals surface area contributed by atoms with Crippen molar-refractivity contribution in [2.45, 2.75) is 39.4 Å². The quantitative estimate of drug-likeness (QED) is 0.716. The number of para-hydroxylation sites is 1. The fraction of sp³-hybridized carbons (Fsp3) is 0.316. The van der Waals surface area contributed by atoms with E-state index in [1.165, 1.54) is 10.1 Å². The molecule has 3 aromatic rings. The van der Waals surface area contributed by atoms with Gasteiger partial charge in [0.2, 0.25) is 0 Å². The van der Waals surface area contributed by atoms with Crippen LogP contribution in [0, 0.1) is 6.92 Å². The van der Waals surface area contributed by atoms with Gasteiger partial charge in [-0.1, -0.05) is 24.3 Å². The van der Waals surface area contributed by atoms with Crippen molar-refractivity contribution >= 4 is 11.0 Å². The normalized spacial score (nSPS) is 13.7. The lowest BCUT2D eigenvalue weighted by molar-refractivity contribution is 0.597. The summed E-state index contributed by atoms with van der Waals surface area (Å²) in [4.78, 5) is 38.2. The van der Waals surface area contributed by atoms with E-state index in [1.54, 1.807) is 17.7 Å². The summed E-state index contributed by atoms with van der Waals surface area (Å²) in [5, 5.41) is 0. The fourth-order valence-corrected chi connectivity index (χ4v) is 3.59. The molecule has 3 heterocycles. The first-order chi connectivity index (χ1) is 12.6. The highest BCUT2D eigenvalue weighted by Crippen LogP contribution is 2.23. The molecule has 2 aromatic heterocycles. The van der Waals surface area contributed by atoms with Gasteiger partial charge in [-0.3, -0.25) is 23.5 Å². The van der Waals surface area contributed by atoms with Crippen LogP contribution < -0.4 is 16.9 Å². The van der Waals surface area contributed by atoms with Crippen molar-refractivity contribution in [2.75, 3.05) is 0 Å². The number of aromatic nitrogens is 4. The molecule has 0 amide bonds. The molecule has 7 heteroatoms. The third-order valence-electron chi connectivity index (χ3n) is 4.89. The largest absolute Gasteiger partial charge is 0.329 e. The number of aryl methyl sites for hydroxylation is 3. The number of nitrogens with zero attached hydrogens (tertiary/aromatic N) is 3. The molecular weight excluding hydrogens is 332 g/mol.